The van der Waals surface area contributed by atoms with Crippen LogP contribution in [0.15, 0.2) is 0 Å². The Labute approximate surface area is 419 Å². The first kappa shape index (κ1) is 41.9. The van der Waals surface area contributed by atoms with Gasteiger partial charge in [0.1, 0.15) is 33.1 Å². The van der Waals surface area contributed by atoms with E-state index in [-0.39, 0.29) is 50.2 Å². The lowest BCUT2D eigenvalue weighted by molar-refractivity contribution is 0.227. The van der Waals surface area contributed by atoms with Gasteiger partial charge in [0.15, 0.2) is 33.9 Å². The van der Waals surface area contributed by atoms with E-state index in [1.807, 2.05) is 0 Å². The van der Waals surface area contributed by atoms with E-state index in [2.05, 4.69) is 108 Å². The van der Waals surface area contributed by atoms with E-state index in [1.54, 1.807) is 0 Å². The molecular formula is C48H45N21S3. The average Bonchev–Trinajstić information content (AvgIpc) is 4.26. The number of H-pyrrole nitrogens is 3. The fourth-order valence-electron chi connectivity index (χ4n) is 14.1. The van der Waals surface area contributed by atoms with Crippen LogP contribution in [-0.2, 0) is 16.2 Å². The molecule has 0 saturated heterocycles. The van der Waals surface area contributed by atoms with Crippen LogP contribution in [0.2, 0.25) is 0 Å². The van der Waals surface area contributed by atoms with Crippen molar-refractivity contribution in [2.75, 3.05) is 0 Å². The lowest BCUT2D eigenvalue weighted by Gasteiger charge is -2.34. The number of aromatic amines is 3. The molecule has 21 nitrogen and oxygen atoms in total. The van der Waals surface area contributed by atoms with Crippen molar-refractivity contribution in [2.24, 2.45) is 16.2 Å². The predicted molar refractivity (Wildman–Crippen MR) is 273 cm³/mol. The van der Waals surface area contributed by atoms with E-state index in [0.717, 1.165) is 72.7 Å². The molecule has 0 unspecified atom stereocenters. The zero-order valence-corrected chi connectivity index (χ0v) is 43.2. The summed E-state index contributed by atoms with van der Waals surface area (Å²) in [5.74, 6) is 0.802. The highest BCUT2D eigenvalue weighted by atomic mass is 32.1. The Hall–Kier alpha value is -6.66. The minimum Gasteiger partial charge on any atom is -0.321 e. The lowest BCUT2D eigenvalue weighted by atomic mass is 9.70. The molecule has 3 saturated carbocycles. The summed E-state index contributed by atoms with van der Waals surface area (Å²) in [5.41, 5.74) is 11.9. The highest BCUT2D eigenvalue weighted by molar-refractivity contribution is 7.22. The van der Waals surface area contributed by atoms with E-state index in [4.69, 9.17) is 59.8 Å². The van der Waals surface area contributed by atoms with Gasteiger partial charge in [0.05, 0.1) is 34.2 Å². The van der Waals surface area contributed by atoms with Gasteiger partial charge < -0.3 is 15.0 Å². The summed E-state index contributed by atoms with van der Waals surface area (Å²) in [4.78, 5) is 74.9. The van der Waals surface area contributed by atoms with Crippen LogP contribution in [0, 0.1) is 16.2 Å². The van der Waals surface area contributed by atoms with Crippen LogP contribution in [-0.4, -0.2) is 105 Å². The van der Waals surface area contributed by atoms with Gasteiger partial charge in [-0.1, -0.05) is 96.3 Å². The van der Waals surface area contributed by atoms with Gasteiger partial charge in [0.25, 0.3) is 0 Å². The molecule has 72 heavy (non-hydrogen) atoms. The summed E-state index contributed by atoms with van der Waals surface area (Å²) in [6.07, 6.45) is 6.27. The molecule has 3 N–H and O–H groups in total. The third kappa shape index (κ3) is 5.02. The van der Waals surface area contributed by atoms with Crippen LogP contribution >= 0.6 is 34.0 Å². The molecule has 10 aromatic heterocycles. The number of rotatable bonds is 0. The fraction of sp³-hybridized carbons (Fsp3) is 0.500. The van der Waals surface area contributed by atoms with Crippen LogP contribution in [0.4, 0.5) is 0 Å². The Morgan fingerprint density at radius 2 is 0.542 bits per heavy atom. The minimum absolute atomic E-state index is 0.0175. The minimum atomic E-state index is -0.144. The van der Waals surface area contributed by atoms with Gasteiger partial charge in [-0.25, -0.2) is 29.9 Å². The van der Waals surface area contributed by atoms with Gasteiger partial charge in [-0.15, -0.1) is 30.6 Å². The van der Waals surface area contributed by atoms with Crippen molar-refractivity contribution in [1.82, 2.24) is 105 Å². The van der Waals surface area contributed by atoms with Crippen LogP contribution in [0.3, 0.4) is 0 Å². The Balaban J connectivity index is 0.995. The molecule has 0 aromatic carbocycles. The van der Waals surface area contributed by atoms with Crippen LogP contribution in [0.1, 0.15) is 153 Å². The van der Waals surface area contributed by atoms with E-state index >= 15 is 0 Å². The second-order valence-electron chi connectivity index (χ2n) is 23.1. The van der Waals surface area contributed by atoms with E-state index in [1.165, 1.54) is 34.0 Å². The van der Waals surface area contributed by atoms with Crippen molar-refractivity contribution in [2.45, 2.75) is 135 Å². The number of fused-ring (bicyclic) bond motifs is 36. The van der Waals surface area contributed by atoms with Gasteiger partial charge >= 0.3 is 0 Å². The number of hydrogen-bond acceptors (Lipinski definition) is 21. The summed E-state index contributed by atoms with van der Waals surface area (Å²) in [5, 5.41) is 27.0. The van der Waals surface area contributed by atoms with Crippen molar-refractivity contribution < 1.29 is 0 Å². The standard InChI is InChI=1S/C48H45N21S3/c1-43(2)16-10-13-46(43,7)28-19(16)49-22-25(52-28)34-55-31(22)58-37-64-65-38(70-37)59-32-23-26(53-29-20(50-23)17-11-14-47(29,8)44(17,3)4)35(56-32)62-41-68-69-42(72-41)63-36-27-24(33(57-36)60-39-66-67-40(61-34)71-39)51-21-18-12-15-48(9,30(21)54-27)45(18,5)6/h16-18H,10-15H2,1-9H3,(H,55,58,61,64,67)(H,56,59,62,65,68)(H,57,60,63,66,69)/t16-,17+,18+,46+,47-,48-/m0/s1. The van der Waals surface area contributed by atoms with E-state index in [9.17, 15) is 0 Å². The van der Waals surface area contributed by atoms with Gasteiger partial charge in [-0.05, 0) is 54.8 Å². The maximum Gasteiger partial charge on any atom is 0.235 e. The predicted octanol–water partition coefficient (Wildman–Crippen LogP) is 9.24. The van der Waals surface area contributed by atoms with Crippen LogP contribution in [0.25, 0.3) is 96.7 Å². The molecule has 3 fully saturated rings. The molecule has 6 atom stereocenters. The average molecular weight is 1010 g/mol. The summed E-state index contributed by atoms with van der Waals surface area (Å²) in [6.45, 7) is 20.9. The smallest absolute Gasteiger partial charge is 0.235 e. The highest BCUT2D eigenvalue weighted by Crippen LogP contribution is 2.69. The summed E-state index contributed by atoms with van der Waals surface area (Å²) < 4.78 is 0. The normalized spacial score (nSPS) is 27.5. The molecular weight excluding hydrogens is 967 g/mol. The molecule has 24 heteroatoms. The van der Waals surface area contributed by atoms with Crippen molar-refractivity contribution >= 4 is 131 Å². The Morgan fingerprint density at radius 3 is 0.778 bits per heavy atom. The van der Waals surface area contributed by atoms with Gasteiger partial charge in [0.2, 0.25) is 29.8 Å². The van der Waals surface area contributed by atoms with Crippen molar-refractivity contribution in [3.05, 3.63) is 34.2 Å². The molecule has 0 amide bonds. The number of hydrogen-bond donors (Lipinski definition) is 3. The molecule has 360 valence electrons. The highest BCUT2D eigenvalue weighted by Gasteiger charge is 2.63. The summed E-state index contributed by atoms with van der Waals surface area (Å²) >= 11 is 3.70. The number of nitrogens with one attached hydrogen (secondary N) is 3. The first-order valence-corrected chi connectivity index (χ1v) is 27.0. The summed E-state index contributed by atoms with van der Waals surface area (Å²) in [7, 11) is 0. The van der Waals surface area contributed by atoms with Crippen molar-refractivity contribution in [3.8, 4) is 0 Å². The van der Waals surface area contributed by atoms with E-state index < -0.39 is 0 Å². The zero-order valence-electron chi connectivity index (χ0n) is 40.7. The molecule has 10 aromatic rings. The monoisotopic (exact) mass is 1010 g/mol. The van der Waals surface area contributed by atoms with E-state index in [0.29, 0.717) is 96.7 Å². The summed E-state index contributed by atoms with van der Waals surface area (Å²) in [6, 6.07) is 0. The van der Waals surface area contributed by atoms with Gasteiger partial charge in [-0.3, -0.25) is 0 Å². The lowest BCUT2D eigenvalue weighted by Crippen LogP contribution is -2.31. The SMILES string of the molecule is CC1(C)[C@@H]2CC[C@@]1(C)c1nc3c4nc5nnc(nc6[nH]c(nc7nnc(nc8[nH]c(nc9nnc(nc([nH]4)c3nc12)s9)c1nc2c(nc81)[C@@]1(C)CC[C@@H]2C1(C)C)s7)c1nc2c(nc61)[C@]1(C)CC[C@H]2C1(C)C)s5. The largest absolute Gasteiger partial charge is 0.321 e. The second-order valence-corrected chi connectivity index (χ2v) is 25.9. The van der Waals surface area contributed by atoms with Crippen molar-refractivity contribution in [3.63, 3.8) is 0 Å². The molecule has 18 bridgehead atoms. The topological polar surface area (TPSA) is 279 Å². The molecule has 10 heterocycles. The first-order valence-electron chi connectivity index (χ1n) is 24.6. The van der Waals surface area contributed by atoms with Crippen LogP contribution < -0.4 is 0 Å². The van der Waals surface area contributed by atoms with Gasteiger partial charge in [-0.2, -0.15) is 29.9 Å². The maximum absolute atomic E-state index is 5.39. The third-order valence-corrected chi connectivity index (χ3v) is 21.7. The molecule has 6 aliphatic rings. The first-order chi connectivity index (χ1) is 34.4. The molecule has 0 aliphatic heterocycles. The fourth-order valence-corrected chi connectivity index (χ4v) is 15.9. The Bertz CT molecular complexity index is 4410. The quantitative estimate of drug-likeness (QED) is 0.128. The third-order valence-electron chi connectivity index (χ3n) is 19.5. The maximum atomic E-state index is 5.39. The number of aromatic nitrogens is 21. The van der Waals surface area contributed by atoms with Crippen LogP contribution in [0.5, 0.6) is 0 Å². The molecule has 0 spiro atoms. The van der Waals surface area contributed by atoms with Crippen molar-refractivity contribution in [1.29, 1.82) is 0 Å². The Morgan fingerprint density at radius 1 is 0.319 bits per heavy atom. The zero-order chi connectivity index (χ0) is 48.8. The Kier molecular flexibility index (Phi) is 7.63. The molecule has 16 rings (SSSR count). The molecule has 0 radical (unpaired) electrons. The second kappa shape index (κ2) is 13.1. The number of nitrogens with zero attached hydrogens (tertiary/aromatic N) is 18. The molecule has 6 aliphatic carbocycles. The van der Waals surface area contributed by atoms with Gasteiger partial charge in [0, 0.05) is 34.0 Å².